The molecule has 0 unspecified atom stereocenters. The van der Waals surface area contributed by atoms with E-state index in [4.69, 9.17) is 0 Å². The number of nitrogens with zero attached hydrogens (tertiary/aromatic N) is 2. The van der Waals surface area contributed by atoms with Crippen LogP contribution < -0.4 is 16.2 Å². The Morgan fingerprint density at radius 3 is 2.42 bits per heavy atom. The first kappa shape index (κ1) is 19.2. The van der Waals surface area contributed by atoms with Gasteiger partial charge in [-0.1, -0.05) is 19.1 Å². The van der Waals surface area contributed by atoms with Gasteiger partial charge in [-0.15, -0.1) is 0 Å². The number of carbonyl (C=O) groups excluding carboxylic acids is 2. The largest absolute Gasteiger partial charge is 0.355 e. The zero-order valence-electron chi connectivity index (χ0n) is 15.3. The number of hydrogen-bond acceptors (Lipinski definition) is 3. The highest BCUT2D eigenvalue weighted by molar-refractivity contribution is 5.94. The van der Waals surface area contributed by atoms with E-state index in [0.717, 1.165) is 12.0 Å². The van der Waals surface area contributed by atoms with Gasteiger partial charge in [-0.05, 0) is 30.2 Å². The fourth-order valence-electron chi connectivity index (χ4n) is 2.49. The van der Waals surface area contributed by atoms with Gasteiger partial charge in [-0.3, -0.25) is 9.59 Å². The number of anilines is 1. The third-order valence-corrected chi connectivity index (χ3v) is 3.91. The molecule has 0 saturated heterocycles. The molecule has 0 aliphatic rings. The molecule has 0 aliphatic heterocycles. The summed E-state index contributed by atoms with van der Waals surface area (Å²) in [5.41, 5.74) is 1.96. The molecule has 7 heteroatoms. The number of aryl methyl sites for hydroxylation is 1. The zero-order chi connectivity index (χ0) is 19.1. The first-order valence-electron chi connectivity index (χ1n) is 8.48. The summed E-state index contributed by atoms with van der Waals surface area (Å²) in [6.07, 6.45) is 2.49. The van der Waals surface area contributed by atoms with Crippen LogP contribution in [0.2, 0.25) is 0 Å². The predicted octanol–water partition coefficient (Wildman–Crippen LogP) is 2.28. The maximum absolute atomic E-state index is 12.4. The lowest BCUT2D eigenvalue weighted by molar-refractivity contribution is 0.0963. The van der Waals surface area contributed by atoms with Gasteiger partial charge in [-0.2, -0.15) is 0 Å². The summed E-state index contributed by atoms with van der Waals surface area (Å²) in [6, 6.07) is 9.84. The summed E-state index contributed by atoms with van der Waals surface area (Å²) in [6.45, 7) is 2.99. The van der Waals surface area contributed by atoms with Gasteiger partial charge in [0.1, 0.15) is 0 Å². The first-order valence-corrected chi connectivity index (χ1v) is 8.48. The molecule has 1 aromatic carbocycles. The topological polar surface area (TPSA) is 83.4 Å². The molecule has 0 bridgehead atoms. The molecule has 2 aromatic rings. The van der Waals surface area contributed by atoms with Gasteiger partial charge in [0, 0.05) is 45.0 Å². The van der Waals surface area contributed by atoms with E-state index in [2.05, 4.69) is 10.6 Å². The number of amides is 3. The lowest BCUT2D eigenvalue weighted by Crippen LogP contribution is -2.31. The summed E-state index contributed by atoms with van der Waals surface area (Å²) in [5, 5.41) is 5.36. The molecule has 1 aromatic heterocycles. The molecule has 0 atom stereocenters. The van der Waals surface area contributed by atoms with Crippen molar-refractivity contribution < 1.29 is 9.59 Å². The molecule has 2 rings (SSSR count). The van der Waals surface area contributed by atoms with Crippen molar-refractivity contribution in [3.05, 3.63) is 64.1 Å². The Bertz CT molecular complexity index is 827. The maximum Gasteiger partial charge on any atom is 0.321 e. The molecule has 0 radical (unpaired) electrons. The number of benzene rings is 1. The fraction of sp³-hybridized carbons (Fsp3) is 0.316. The fourth-order valence-corrected chi connectivity index (χ4v) is 2.49. The molecule has 0 aliphatic carbocycles. The van der Waals surface area contributed by atoms with E-state index in [-0.39, 0.29) is 17.5 Å². The number of urea groups is 1. The molecule has 3 amide bonds. The van der Waals surface area contributed by atoms with Crippen LogP contribution in [-0.4, -0.2) is 35.5 Å². The highest BCUT2D eigenvalue weighted by Gasteiger charge is 2.11. The molecule has 0 spiro atoms. The first-order chi connectivity index (χ1) is 12.4. The number of hydrogen-bond donors (Lipinski definition) is 2. The van der Waals surface area contributed by atoms with Crippen LogP contribution in [0.5, 0.6) is 0 Å². The SMILES string of the molecule is CCCn1cc(NC(=O)N(C)Cc2ccc(C(=O)NC)cc2)ccc1=O. The van der Waals surface area contributed by atoms with E-state index in [1.165, 1.54) is 11.0 Å². The monoisotopic (exact) mass is 356 g/mol. The Kier molecular flexibility index (Phi) is 6.54. The van der Waals surface area contributed by atoms with E-state index in [9.17, 15) is 14.4 Å². The second kappa shape index (κ2) is 8.84. The van der Waals surface area contributed by atoms with Crippen LogP contribution in [0.25, 0.3) is 0 Å². The van der Waals surface area contributed by atoms with Crippen molar-refractivity contribution in [3.63, 3.8) is 0 Å². The highest BCUT2D eigenvalue weighted by atomic mass is 16.2. The van der Waals surface area contributed by atoms with Crippen LogP contribution >= 0.6 is 0 Å². The van der Waals surface area contributed by atoms with Crippen molar-refractivity contribution >= 4 is 17.6 Å². The Hall–Kier alpha value is -3.09. The van der Waals surface area contributed by atoms with Gasteiger partial charge in [-0.25, -0.2) is 4.79 Å². The van der Waals surface area contributed by atoms with Gasteiger partial charge in [0.15, 0.2) is 0 Å². The lowest BCUT2D eigenvalue weighted by atomic mass is 10.1. The third-order valence-electron chi connectivity index (χ3n) is 3.91. The zero-order valence-corrected chi connectivity index (χ0v) is 15.3. The number of aromatic nitrogens is 1. The van der Waals surface area contributed by atoms with Crippen LogP contribution in [-0.2, 0) is 13.1 Å². The average molecular weight is 356 g/mol. The Morgan fingerprint density at radius 1 is 1.12 bits per heavy atom. The Labute approximate surface area is 152 Å². The smallest absolute Gasteiger partial charge is 0.321 e. The number of carbonyl (C=O) groups is 2. The summed E-state index contributed by atoms with van der Waals surface area (Å²) < 4.78 is 1.58. The van der Waals surface area contributed by atoms with Crippen molar-refractivity contribution in [2.24, 2.45) is 0 Å². The summed E-state index contributed by atoms with van der Waals surface area (Å²) in [4.78, 5) is 37.2. The van der Waals surface area contributed by atoms with Crippen LogP contribution in [0.1, 0.15) is 29.3 Å². The summed E-state index contributed by atoms with van der Waals surface area (Å²) in [7, 11) is 3.27. The Balaban J connectivity index is 2.00. The van der Waals surface area contributed by atoms with Gasteiger partial charge in [0.25, 0.3) is 11.5 Å². The van der Waals surface area contributed by atoms with Crippen molar-refractivity contribution in [1.29, 1.82) is 0 Å². The highest BCUT2D eigenvalue weighted by Crippen LogP contribution is 2.09. The van der Waals surface area contributed by atoms with Crippen molar-refractivity contribution in [1.82, 2.24) is 14.8 Å². The minimum Gasteiger partial charge on any atom is -0.355 e. The second-order valence-corrected chi connectivity index (χ2v) is 6.01. The molecular weight excluding hydrogens is 332 g/mol. The van der Waals surface area contributed by atoms with E-state index >= 15 is 0 Å². The summed E-state index contributed by atoms with van der Waals surface area (Å²) in [5.74, 6) is -0.148. The number of rotatable bonds is 6. The molecule has 2 N–H and O–H groups in total. The standard InChI is InChI=1S/C19H24N4O3/c1-4-11-23-13-16(9-10-17(23)24)21-19(26)22(3)12-14-5-7-15(8-6-14)18(25)20-2/h5-10,13H,4,11-12H2,1-3H3,(H,20,25)(H,21,26). The van der Waals surface area contributed by atoms with Crippen molar-refractivity contribution in [2.75, 3.05) is 19.4 Å². The van der Waals surface area contributed by atoms with Gasteiger partial charge in [0.2, 0.25) is 0 Å². The molecule has 0 fully saturated rings. The quantitative estimate of drug-likeness (QED) is 0.833. The van der Waals surface area contributed by atoms with E-state index in [0.29, 0.717) is 24.3 Å². The predicted molar refractivity (Wildman–Crippen MR) is 101 cm³/mol. The molecule has 0 saturated carbocycles. The van der Waals surface area contributed by atoms with Gasteiger partial charge < -0.3 is 20.1 Å². The van der Waals surface area contributed by atoms with Crippen molar-refractivity contribution in [3.8, 4) is 0 Å². The van der Waals surface area contributed by atoms with E-state index in [1.807, 2.05) is 19.1 Å². The maximum atomic E-state index is 12.4. The molecular formula is C19H24N4O3. The van der Waals surface area contributed by atoms with Crippen molar-refractivity contribution in [2.45, 2.75) is 26.4 Å². The minimum absolute atomic E-state index is 0.0885. The molecule has 7 nitrogen and oxygen atoms in total. The van der Waals surface area contributed by atoms with E-state index in [1.54, 1.807) is 43.1 Å². The van der Waals surface area contributed by atoms with Crippen LogP contribution in [0.4, 0.5) is 10.5 Å². The lowest BCUT2D eigenvalue weighted by Gasteiger charge is -2.18. The molecule has 138 valence electrons. The summed E-state index contributed by atoms with van der Waals surface area (Å²) >= 11 is 0. The molecule has 26 heavy (non-hydrogen) atoms. The number of nitrogens with one attached hydrogen (secondary N) is 2. The third kappa shape index (κ3) is 4.95. The second-order valence-electron chi connectivity index (χ2n) is 6.01. The molecule has 1 heterocycles. The van der Waals surface area contributed by atoms with Crippen LogP contribution in [0.15, 0.2) is 47.4 Å². The average Bonchev–Trinajstić information content (AvgIpc) is 2.64. The normalized spacial score (nSPS) is 10.3. The Morgan fingerprint density at radius 2 is 1.81 bits per heavy atom. The number of pyridine rings is 1. The van der Waals surface area contributed by atoms with Gasteiger partial charge >= 0.3 is 6.03 Å². The van der Waals surface area contributed by atoms with Crippen LogP contribution in [0, 0.1) is 0 Å². The van der Waals surface area contributed by atoms with Crippen LogP contribution in [0.3, 0.4) is 0 Å². The minimum atomic E-state index is -0.276. The van der Waals surface area contributed by atoms with Gasteiger partial charge in [0.05, 0.1) is 5.69 Å². The van der Waals surface area contributed by atoms with E-state index < -0.39 is 0 Å².